The lowest BCUT2D eigenvalue weighted by atomic mass is 10.2. The lowest BCUT2D eigenvalue weighted by Gasteiger charge is -2.15. The van der Waals surface area contributed by atoms with Crippen LogP contribution in [0.25, 0.3) is 0 Å². The number of amides is 1. The fraction of sp³-hybridized carbons (Fsp3) is 0.176. The van der Waals surface area contributed by atoms with Crippen molar-refractivity contribution in [3.05, 3.63) is 58.1 Å². The lowest BCUT2D eigenvalue weighted by Crippen LogP contribution is -2.30. The predicted octanol–water partition coefficient (Wildman–Crippen LogP) is 3.91. The second-order valence-corrected chi connectivity index (χ2v) is 7.25. The van der Waals surface area contributed by atoms with Gasteiger partial charge in [-0.3, -0.25) is 9.00 Å². The van der Waals surface area contributed by atoms with E-state index < -0.39 is 28.8 Å². The van der Waals surface area contributed by atoms with E-state index in [0.29, 0.717) is 4.90 Å². The summed E-state index contributed by atoms with van der Waals surface area (Å²) in [6, 6.07) is 11.2. The van der Waals surface area contributed by atoms with Crippen LogP contribution in [0.2, 0.25) is 10.0 Å². The van der Waals surface area contributed by atoms with Gasteiger partial charge >= 0.3 is 5.97 Å². The Kier molecular flexibility index (Phi) is 6.58. The molecule has 2 aromatic carbocycles. The van der Waals surface area contributed by atoms with Gasteiger partial charge in [-0.1, -0.05) is 41.4 Å². The first-order chi connectivity index (χ1) is 11.8. The van der Waals surface area contributed by atoms with Crippen LogP contribution in [0, 0.1) is 0 Å². The summed E-state index contributed by atoms with van der Waals surface area (Å²) in [6.07, 6.45) is 0.361. The Morgan fingerprint density at radius 1 is 1.08 bits per heavy atom. The van der Waals surface area contributed by atoms with Crippen molar-refractivity contribution in [2.45, 2.75) is 17.9 Å². The van der Waals surface area contributed by atoms with E-state index in [1.165, 1.54) is 19.2 Å². The molecule has 2 aromatic rings. The Morgan fingerprint density at radius 2 is 1.68 bits per heavy atom. The van der Waals surface area contributed by atoms with Crippen LogP contribution in [0.1, 0.15) is 17.3 Å². The largest absolute Gasteiger partial charge is 0.449 e. The number of benzene rings is 2. The van der Waals surface area contributed by atoms with Crippen molar-refractivity contribution in [2.24, 2.45) is 0 Å². The second-order valence-electron chi connectivity index (χ2n) is 5.08. The average molecular weight is 400 g/mol. The topological polar surface area (TPSA) is 72.5 Å². The van der Waals surface area contributed by atoms with E-state index in [0.717, 1.165) is 0 Å². The summed E-state index contributed by atoms with van der Waals surface area (Å²) in [4.78, 5) is 24.9. The van der Waals surface area contributed by atoms with Crippen molar-refractivity contribution >= 4 is 51.6 Å². The maximum atomic E-state index is 12.3. The third kappa shape index (κ3) is 4.81. The molecule has 0 saturated carbocycles. The van der Waals surface area contributed by atoms with Gasteiger partial charge in [0.25, 0.3) is 5.91 Å². The Hall–Kier alpha value is -1.89. The monoisotopic (exact) mass is 399 g/mol. The van der Waals surface area contributed by atoms with Gasteiger partial charge in [-0.15, -0.1) is 0 Å². The number of ether oxygens (including phenoxy) is 1. The van der Waals surface area contributed by atoms with Crippen LogP contribution in [-0.4, -0.2) is 28.4 Å². The standard InChI is InChI=1S/C17H15Cl2NO4S/c1-10(16(21)20-15-12(18)7-5-8-13(15)19)24-17(22)11-6-3-4-9-14(11)25(2)23/h3-10H,1-2H3,(H,20,21)/t10-,25+/m0/s1. The van der Waals surface area contributed by atoms with Crippen LogP contribution in [-0.2, 0) is 20.3 Å². The lowest BCUT2D eigenvalue weighted by molar-refractivity contribution is -0.123. The van der Waals surface area contributed by atoms with Gasteiger partial charge in [0.2, 0.25) is 0 Å². The molecule has 0 bridgehead atoms. The summed E-state index contributed by atoms with van der Waals surface area (Å²) < 4.78 is 16.9. The molecule has 0 heterocycles. The SMILES string of the molecule is C[C@H](OC(=O)c1ccccc1[S@@](C)=O)C(=O)Nc1c(Cl)cccc1Cl. The fourth-order valence-electron chi connectivity index (χ4n) is 2.01. The number of rotatable bonds is 5. The summed E-state index contributed by atoms with van der Waals surface area (Å²) in [5.74, 6) is -1.32. The highest BCUT2D eigenvalue weighted by Crippen LogP contribution is 2.30. The van der Waals surface area contributed by atoms with E-state index in [1.54, 1.807) is 36.4 Å². The van der Waals surface area contributed by atoms with E-state index in [4.69, 9.17) is 27.9 Å². The molecule has 0 fully saturated rings. The maximum Gasteiger partial charge on any atom is 0.340 e. The zero-order valence-electron chi connectivity index (χ0n) is 13.4. The second kappa shape index (κ2) is 8.47. The third-order valence-corrected chi connectivity index (χ3v) is 4.89. The Bertz CT molecular complexity index is 821. The van der Waals surface area contributed by atoms with Gasteiger partial charge in [0, 0.05) is 6.26 Å². The minimum Gasteiger partial charge on any atom is -0.449 e. The van der Waals surface area contributed by atoms with Crippen LogP contribution in [0.15, 0.2) is 47.4 Å². The van der Waals surface area contributed by atoms with Crippen LogP contribution >= 0.6 is 23.2 Å². The number of carbonyl (C=O) groups excluding carboxylic acids is 2. The third-order valence-electron chi connectivity index (χ3n) is 3.28. The highest BCUT2D eigenvalue weighted by atomic mass is 35.5. The molecule has 8 heteroatoms. The number of hydrogen-bond donors (Lipinski definition) is 1. The molecule has 0 spiro atoms. The molecular weight excluding hydrogens is 385 g/mol. The van der Waals surface area contributed by atoms with Crippen molar-refractivity contribution in [3.63, 3.8) is 0 Å². The normalized spacial score (nSPS) is 13.0. The Morgan fingerprint density at radius 3 is 2.28 bits per heavy atom. The Labute approximate surface area is 157 Å². The van der Waals surface area contributed by atoms with Gasteiger partial charge < -0.3 is 10.1 Å². The molecule has 2 rings (SSSR count). The van der Waals surface area contributed by atoms with Crippen LogP contribution in [0.5, 0.6) is 0 Å². The average Bonchev–Trinajstić information content (AvgIpc) is 2.57. The Balaban J connectivity index is 2.11. The minimum atomic E-state index is -1.36. The molecule has 0 saturated heterocycles. The van der Waals surface area contributed by atoms with Gasteiger partial charge in [0.15, 0.2) is 6.10 Å². The number of para-hydroxylation sites is 1. The summed E-state index contributed by atoms with van der Waals surface area (Å²) in [7, 11) is -1.36. The van der Waals surface area contributed by atoms with Crippen LogP contribution < -0.4 is 5.32 Å². The first-order valence-electron chi connectivity index (χ1n) is 7.19. The molecule has 2 atom stereocenters. The van der Waals surface area contributed by atoms with Crippen molar-refractivity contribution in [1.82, 2.24) is 0 Å². The molecule has 25 heavy (non-hydrogen) atoms. The molecule has 0 aromatic heterocycles. The molecule has 5 nitrogen and oxygen atoms in total. The van der Waals surface area contributed by atoms with Crippen molar-refractivity contribution in [2.75, 3.05) is 11.6 Å². The van der Waals surface area contributed by atoms with Gasteiger partial charge in [-0.25, -0.2) is 4.79 Å². The molecule has 0 aliphatic carbocycles. The van der Waals surface area contributed by atoms with Crippen LogP contribution in [0.3, 0.4) is 0 Å². The van der Waals surface area contributed by atoms with E-state index in [1.807, 2.05) is 0 Å². The van der Waals surface area contributed by atoms with E-state index in [-0.39, 0.29) is 21.3 Å². The zero-order valence-corrected chi connectivity index (χ0v) is 15.7. The number of esters is 1. The zero-order chi connectivity index (χ0) is 18.6. The van der Waals surface area contributed by atoms with E-state index in [2.05, 4.69) is 5.32 Å². The molecule has 0 unspecified atom stereocenters. The molecule has 1 amide bonds. The summed E-state index contributed by atoms with van der Waals surface area (Å²) in [5, 5.41) is 3.07. The molecular formula is C17H15Cl2NO4S. The number of hydrogen-bond acceptors (Lipinski definition) is 4. The summed E-state index contributed by atoms with van der Waals surface area (Å²) in [6.45, 7) is 1.42. The summed E-state index contributed by atoms with van der Waals surface area (Å²) >= 11 is 12.0. The van der Waals surface area contributed by atoms with E-state index >= 15 is 0 Å². The van der Waals surface area contributed by atoms with E-state index in [9.17, 15) is 13.8 Å². The first-order valence-corrected chi connectivity index (χ1v) is 9.51. The first kappa shape index (κ1) is 19.4. The quantitative estimate of drug-likeness (QED) is 0.773. The van der Waals surface area contributed by atoms with Gasteiger partial charge in [-0.2, -0.15) is 0 Å². The molecule has 132 valence electrons. The van der Waals surface area contributed by atoms with Gasteiger partial charge in [0.1, 0.15) is 0 Å². The number of halogens is 2. The van der Waals surface area contributed by atoms with Gasteiger partial charge in [-0.05, 0) is 31.2 Å². The van der Waals surface area contributed by atoms with Crippen molar-refractivity contribution < 1.29 is 18.5 Å². The van der Waals surface area contributed by atoms with Crippen molar-refractivity contribution in [1.29, 1.82) is 0 Å². The molecule has 0 aliphatic heterocycles. The number of nitrogens with one attached hydrogen (secondary N) is 1. The summed E-state index contributed by atoms with van der Waals surface area (Å²) in [5.41, 5.74) is 0.396. The molecule has 0 radical (unpaired) electrons. The maximum absolute atomic E-state index is 12.3. The molecule has 1 N–H and O–H groups in total. The molecule has 0 aliphatic rings. The highest BCUT2D eigenvalue weighted by molar-refractivity contribution is 7.84. The number of carbonyl (C=O) groups is 2. The fourth-order valence-corrected chi connectivity index (χ4v) is 3.23. The van der Waals surface area contributed by atoms with Crippen molar-refractivity contribution in [3.8, 4) is 0 Å². The predicted molar refractivity (Wildman–Crippen MR) is 98.7 cm³/mol. The minimum absolute atomic E-state index is 0.152. The smallest absolute Gasteiger partial charge is 0.340 e. The number of anilines is 1. The highest BCUT2D eigenvalue weighted by Gasteiger charge is 2.22. The van der Waals surface area contributed by atoms with Crippen LogP contribution in [0.4, 0.5) is 5.69 Å². The van der Waals surface area contributed by atoms with Gasteiger partial charge in [0.05, 0.1) is 37.0 Å².